The third-order valence-electron chi connectivity index (χ3n) is 5.11. The average molecular weight is 467 g/mol. The number of amides is 1. The summed E-state index contributed by atoms with van der Waals surface area (Å²) in [4.78, 5) is 12.6. The highest BCUT2D eigenvalue weighted by atomic mass is 19.4. The smallest absolute Gasteiger partial charge is 0.496 e. The number of alkyl halides is 3. The van der Waals surface area contributed by atoms with Crippen LogP contribution in [0.2, 0.25) is 0 Å². The molecule has 0 aliphatic rings. The van der Waals surface area contributed by atoms with Gasteiger partial charge in [0.1, 0.15) is 17.1 Å². The number of carbonyl (C=O) groups excluding carboxylic acids is 1. The lowest BCUT2D eigenvalue weighted by molar-refractivity contribution is -0.274. The highest BCUT2D eigenvalue weighted by Crippen LogP contribution is 2.37. The molecule has 0 aliphatic carbocycles. The largest absolute Gasteiger partial charge is 0.573 e. The second-order valence-electron chi connectivity index (χ2n) is 7.45. The van der Waals surface area contributed by atoms with Crippen molar-refractivity contribution in [2.45, 2.75) is 13.3 Å². The van der Waals surface area contributed by atoms with Crippen molar-refractivity contribution in [2.24, 2.45) is 0 Å². The number of furan rings is 1. The van der Waals surface area contributed by atoms with Gasteiger partial charge in [-0.1, -0.05) is 30.3 Å². The molecule has 0 spiro atoms. The van der Waals surface area contributed by atoms with Gasteiger partial charge in [0.15, 0.2) is 0 Å². The number of benzene rings is 3. The Kier molecular flexibility index (Phi) is 6.32. The van der Waals surface area contributed by atoms with Gasteiger partial charge in [0.05, 0.1) is 13.4 Å². The number of hydrogen-bond acceptors (Lipinski definition) is 4. The number of carbonyl (C=O) groups is 1. The van der Waals surface area contributed by atoms with Crippen LogP contribution in [0.1, 0.15) is 12.5 Å². The summed E-state index contributed by atoms with van der Waals surface area (Å²) < 4.78 is 52.0. The number of methoxy groups -OCH3 is 1. The van der Waals surface area contributed by atoms with E-state index in [2.05, 4.69) is 10.1 Å². The van der Waals surface area contributed by atoms with E-state index in [4.69, 9.17) is 9.15 Å². The van der Waals surface area contributed by atoms with Crippen LogP contribution >= 0.6 is 0 Å². The van der Waals surface area contributed by atoms with Crippen molar-refractivity contribution in [2.75, 3.05) is 12.4 Å². The number of halogens is 3. The summed E-state index contributed by atoms with van der Waals surface area (Å²) in [5.41, 5.74) is 4.23. The van der Waals surface area contributed by atoms with Gasteiger partial charge in [0.2, 0.25) is 5.91 Å². The third kappa shape index (κ3) is 5.23. The second-order valence-corrected chi connectivity index (χ2v) is 7.45. The first-order chi connectivity index (χ1) is 16.2. The molecule has 0 saturated carbocycles. The summed E-state index contributed by atoms with van der Waals surface area (Å²) in [5.74, 6) is -0.277. The predicted octanol–water partition coefficient (Wildman–Crippen LogP) is 7.05. The molecule has 0 unspecified atom stereocenters. The van der Waals surface area contributed by atoms with Crippen molar-refractivity contribution in [1.29, 1.82) is 0 Å². The molecule has 0 aliphatic heterocycles. The second kappa shape index (κ2) is 9.35. The molecule has 0 fully saturated rings. The molecule has 8 heteroatoms. The molecule has 3 aromatic carbocycles. The molecule has 1 aromatic heterocycles. The molecule has 0 radical (unpaired) electrons. The maximum atomic E-state index is 12.6. The molecule has 174 valence electrons. The maximum Gasteiger partial charge on any atom is 0.573 e. The van der Waals surface area contributed by atoms with Crippen molar-refractivity contribution < 1.29 is 31.9 Å². The monoisotopic (exact) mass is 467 g/mol. The first-order valence-electron chi connectivity index (χ1n) is 10.2. The standard InChI is InChI=1S/C26H20F3NO4/c1-16(12-25(31)30-18-8-10-19(11-9-18)34-26(27,28)29)20-13-21-22(17-6-4-3-5-7-17)15-33-24(21)14-23(20)32-2/h3-15H,1-2H3,(H,30,31)/b16-12+. The van der Waals surface area contributed by atoms with Crippen molar-refractivity contribution >= 4 is 28.1 Å². The lowest BCUT2D eigenvalue weighted by atomic mass is 9.99. The van der Waals surface area contributed by atoms with Crippen molar-refractivity contribution in [3.8, 4) is 22.6 Å². The highest BCUT2D eigenvalue weighted by Gasteiger charge is 2.31. The molecule has 0 saturated heterocycles. The molecule has 1 amide bonds. The van der Waals surface area contributed by atoms with Gasteiger partial charge in [-0.3, -0.25) is 4.79 Å². The molecule has 5 nitrogen and oxygen atoms in total. The molecule has 1 N–H and O–H groups in total. The van der Waals surface area contributed by atoms with E-state index >= 15 is 0 Å². The van der Waals surface area contributed by atoms with E-state index in [1.807, 2.05) is 36.4 Å². The number of ether oxygens (including phenoxy) is 2. The number of nitrogens with one attached hydrogen (secondary N) is 1. The van der Waals surface area contributed by atoms with E-state index in [-0.39, 0.29) is 5.75 Å². The Hall–Kier alpha value is -4.20. The molecule has 34 heavy (non-hydrogen) atoms. The molecule has 0 bridgehead atoms. The van der Waals surface area contributed by atoms with E-state index in [0.29, 0.717) is 28.2 Å². The molecule has 0 atom stereocenters. The summed E-state index contributed by atoms with van der Waals surface area (Å²) in [5, 5.41) is 3.50. The minimum Gasteiger partial charge on any atom is -0.496 e. The van der Waals surface area contributed by atoms with Gasteiger partial charge in [-0.2, -0.15) is 0 Å². The number of rotatable bonds is 6. The zero-order valence-electron chi connectivity index (χ0n) is 18.3. The van der Waals surface area contributed by atoms with Gasteiger partial charge in [-0.05, 0) is 48.4 Å². The average Bonchev–Trinajstić information content (AvgIpc) is 3.22. The normalized spacial score (nSPS) is 12.0. The van der Waals surface area contributed by atoms with Gasteiger partial charge in [-0.25, -0.2) is 0 Å². The first-order valence-corrected chi connectivity index (χ1v) is 10.2. The quantitative estimate of drug-likeness (QED) is 0.309. The van der Waals surface area contributed by atoms with E-state index in [1.165, 1.54) is 25.3 Å². The van der Waals surface area contributed by atoms with E-state index in [0.717, 1.165) is 28.6 Å². The fraction of sp³-hybridized carbons (Fsp3) is 0.115. The molecular formula is C26H20F3NO4. The lowest BCUT2D eigenvalue weighted by Crippen LogP contribution is -2.17. The Morgan fingerprint density at radius 1 is 1.03 bits per heavy atom. The SMILES string of the molecule is COc1cc2occ(-c3ccccc3)c2cc1/C(C)=C/C(=O)Nc1ccc(OC(F)(F)F)cc1. The minimum absolute atomic E-state index is 0.326. The summed E-state index contributed by atoms with van der Waals surface area (Å²) in [7, 11) is 1.53. The Labute approximate surface area is 193 Å². The Balaban J connectivity index is 1.59. The fourth-order valence-electron chi connectivity index (χ4n) is 3.57. The van der Waals surface area contributed by atoms with Crippen LogP contribution in [-0.2, 0) is 4.79 Å². The fourth-order valence-corrected chi connectivity index (χ4v) is 3.57. The van der Waals surface area contributed by atoms with E-state index in [9.17, 15) is 18.0 Å². The van der Waals surface area contributed by atoms with Gasteiger partial charge in [-0.15, -0.1) is 13.2 Å². The Bertz CT molecular complexity index is 1340. The summed E-state index contributed by atoms with van der Waals surface area (Å²) in [6.07, 6.45) is -1.70. The first kappa shape index (κ1) is 23.0. The molecule has 4 rings (SSSR count). The predicted molar refractivity (Wildman–Crippen MR) is 124 cm³/mol. The van der Waals surface area contributed by atoms with Crippen LogP contribution in [0.15, 0.2) is 83.5 Å². The number of fused-ring (bicyclic) bond motifs is 1. The topological polar surface area (TPSA) is 60.7 Å². The van der Waals surface area contributed by atoms with Gasteiger partial charge in [0.25, 0.3) is 0 Å². The zero-order chi connectivity index (χ0) is 24.3. The van der Waals surface area contributed by atoms with E-state index in [1.54, 1.807) is 19.3 Å². The number of hydrogen-bond donors (Lipinski definition) is 1. The van der Waals surface area contributed by atoms with Crippen LogP contribution in [0.3, 0.4) is 0 Å². The molecule has 4 aromatic rings. The molecular weight excluding hydrogens is 447 g/mol. The summed E-state index contributed by atoms with van der Waals surface area (Å²) in [6.45, 7) is 1.77. The van der Waals surface area contributed by atoms with Crippen LogP contribution in [0, 0.1) is 0 Å². The van der Waals surface area contributed by atoms with Crippen LogP contribution in [0.25, 0.3) is 27.7 Å². The van der Waals surface area contributed by atoms with Crippen LogP contribution < -0.4 is 14.8 Å². The van der Waals surface area contributed by atoms with E-state index < -0.39 is 12.3 Å². The minimum atomic E-state index is -4.78. The van der Waals surface area contributed by atoms with Gasteiger partial charge < -0.3 is 19.2 Å². The van der Waals surface area contributed by atoms with Gasteiger partial charge >= 0.3 is 6.36 Å². The maximum absolute atomic E-state index is 12.6. The third-order valence-corrected chi connectivity index (χ3v) is 5.11. The number of allylic oxidation sites excluding steroid dienone is 1. The summed E-state index contributed by atoms with van der Waals surface area (Å²) in [6, 6.07) is 18.4. The lowest BCUT2D eigenvalue weighted by Gasteiger charge is -2.11. The Morgan fingerprint density at radius 3 is 2.38 bits per heavy atom. The zero-order valence-corrected chi connectivity index (χ0v) is 18.3. The number of anilines is 1. The van der Waals surface area contributed by atoms with Crippen LogP contribution in [0.5, 0.6) is 11.5 Å². The highest BCUT2D eigenvalue weighted by molar-refractivity contribution is 6.05. The Morgan fingerprint density at radius 2 is 1.74 bits per heavy atom. The van der Waals surface area contributed by atoms with Gasteiger partial charge in [0, 0.05) is 34.3 Å². The van der Waals surface area contributed by atoms with Crippen molar-refractivity contribution in [3.63, 3.8) is 0 Å². The van der Waals surface area contributed by atoms with Crippen molar-refractivity contribution in [3.05, 3.63) is 84.6 Å². The van der Waals surface area contributed by atoms with Crippen LogP contribution in [-0.4, -0.2) is 19.4 Å². The summed E-state index contributed by atoms with van der Waals surface area (Å²) >= 11 is 0. The molecule has 1 heterocycles. The van der Waals surface area contributed by atoms with Crippen molar-refractivity contribution in [1.82, 2.24) is 0 Å². The van der Waals surface area contributed by atoms with Crippen LogP contribution in [0.4, 0.5) is 18.9 Å².